The van der Waals surface area contributed by atoms with E-state index in [1.807, 2.05) is 0 Å². The van der Waals surface area contributed by atoms with Crippen molar-refractivity contribution in [3.05, 3.63) is 34.9 Å². The van der Waals surface area contributed by atoms with Gasteiger partial charge in [0, 0.05) is 16.7 Å². The number of rotatable bonds is 1. The predicted molar refractivity (Wildman–Crippen MR) is 34.8 cm³/mol. The predicted octanol–water partition coefficient (Wildman–Crippen LogP) is 2.17. The minimum absolute atomic E-state index is 0.148. The van der Waals surface area contributed by atoms with Crippen molar-refractivity contribution in [2.45, 2.75) is 6.43 Å². The summed E-state index contributed by atoms with van der Waals surface area (Å²) < 4.78 is 24.2. The Morgan fingerprint density at radius 1 is 1.27 bits per heavy atom. The van der Waals surface area contributed by atoms with Crippen LogP contribution in [-0.2, 0) is 0 Å². The van der Waals surface area contributed by atoms with Crippen LogP contribution in [-0.4, -0.2) is 5.78 Å². The number of fused-ring (bicyclic) bond motifs is 2. The highest BCUT2D eigenvalue weighted by Crippen LogP contribution is 2.31. The smallest absolute Gasteiger partial charge is 0.264 e. The molecule has 0 radical (unpaired) electrons. The van der Waals surface area contributed by atoms with Gasteiger partial charge in [0.15, 0.2) is 5.78 Å². The largest absolute Gasteiger partial charge is 0.289 e. The molecule has 0 aromatic heterocycles. The van der Waals surface area contributed by atoms with Crippen molar-refractivity contribution in [2.75, 3.05) is 0 Å². The Balaban J connectivity index is 2.56. The average molecular weight is 154 g/mol. The molecule has 0 aliphatic heterocycles. The van der Waals surface area contributed by atoms with Gasteiger partial charge < -0.3 is 0 Å². The highest BCUT2D eigenvalue weighted by molar-refractivity contribution is 6.17. The van der Waals surface area contributed by atoms with Crippen molar-refractivity contribution in [2.24, 2.45) is 0 Å². The molecule has 56 valence electrons. The van der Waals surface area contributed by atoms with Crippen molar-refractivity contribution in [3.8, 4) is 0 Å². The maximum atomic E-state index is 12.1. The van der Waals surface area contributed by atoms with Crippen molar-refractivity contribution >= 4 is 5.78 Å². The fourth-order valence-corrected chi connectivity index (χ4v) is 1.16. The summed E-state index contributed by atoms with van der Waals surface area (Å²) in [5.74, 6) is -0.247. The van der Waals surface area contributed by atoms with E-state index in [4.69, 9.17) is 0 Å². The first-order chi connectivity index (χ1) is 5.20. The topological polar surface area (TPSA) is 17.1 Å². The first-order valence-corrected chi connectivity index (χ1v) is 3.17. The van der Waals surface area contributed by atoms with Crippen molar-refractivity contribution in [3.63, 3.8) is 0 Å². The molecule has 1 nitrogen and oxygen atoms in total. The van der Waals surface area contributed by atoms with Gasteiger partial charge in [0.2, 0.25) is 0 Å². The van der Waals surface area contributed by atoms with Gasteiger partial charge in [-0.1, -0.05) is 12.1 Å². The zero-order chi connectivity index (χ0) is 8.01. The zero-order valence-corrected chi connectivity index (χ0v) is 5.47. The van der Waals surface area contributed by atoms with Crippen LogP contribution in [0.4, 0.5) is 8.78 Å². The van der Waals surface area contributed by atoms with E-state index in [-0.39, 0.29) is 16.9 Å². The molecule has 2 aliphatic carbocycles. The van der Waals surface area contributed by atoms with Crippen LogP contribution >= 0.6 is 0 Å². The van der Waals surface area contributed by atoms with Gasteiger partial charge in [-0.3, -0.25) is 4.79 Å². The number of ketones is 1. The van der Waals surface area contributed by atoms with Crippen LogP contribution in [0.1, 0.15) is 27.9 Å². The molecule has 0 atom stereocenters. The van der Waals surface area contributed by atoms with Crippen LogP contribution in [0.15, 0.2) is 18.2 Å². The molecule has 0 heterocycles. The second kappa shape index (κ2) is 1.87. The Labute approximate surface area is 61.6 Å². The standard InChI is InChI=1S/C8H4F2O/c9-8(10)5-2-1-4-3-6(5)7(4)11/h1-3,8H. The molecular formula is C8H4F2O. The molecule has 0 fully saturated rings. The summed E-state index contributed by atoms with van der Waals surface area (Å²) in [6.07, 6.45) is -2.54. The molecule has 0 saturated carbocycles. The monoisotopic (exact) mass is 154 g/mol. The molecular weight excluding hydrogens is 150 g/mol. The second-order valence-electron chi connectivity index (χ2n) is 2.43. The normalized spacial score (nSPS) is 13.5. The number of hydrogen-bond acceptors (Lipinski definition) is 1. The third kappa shape index (κ3) is 0.707. The summed E-state index contributed by atoms with van der Waals surface area (Å²) in [5.41, 5.74) is 0.562. The minimum atomic E-state index is -2.54. The number of alkyl halides is 2. The summed E-state index contributed by atoms with van der Waals surface area (Å²) in [7, 11) is 0. The van der Waals surface area contributed by atoms with Crippen LogP contribution in [0, 0.1) is 0 Å². The SMILES string of the molecule is O=C1c2ccc(C(F)F)c1c2. The van der Waals surface area contributed by atoms with Gasteiger partial charge in [-0.15, -0.1) is 0 Å². The van der Waals surface area contributed by atoms with E-state index < -0.39 is 6.43 Å². The Bertz CT molecular complexity index is 327. The van der Waals surface area contributed by atoms with Gasteiger partial charge in [-0.2, -0.15) is 0 Å². The molecule has 1 aromatic rings. The molecule has 11 heavy (non-hydrogen) atoms. The molecule has 0 saturated heterocycles. The van der Waals surface area contributed by atoms with Gasteiger partial charge >= 0.3 is 0 Å². The Morgan fingerprint density at radius 3 is 2.36 bits per heavy atom. The quantitative estimate of drug-likeness (QED) is 0.615. The van der Waals surface area contributed by atoms with E-state index in [1.54, 1.807) is 0 Å². The number of carbonyl (C=O) groups is 1. The van der Waals surface area contributed by atoms with Crippen LogP contribution in [0.2, 0.25) is 0 Å². The average Bonchev–Trinajstić information content (AvgIpc) is 2.03. The molecule has 2 aliphatic rings. The zero-order valence-electron chi connectivity index (χ0n) is 5.47. The molecule has 0 spiro atoms. The summed E-state index contributed by atoms with van der Waals surface area (Å²) in [5, 5.41) is 0. The summed E-state index contributed by atoms with van der Waals surface area (Å²) in [4.78, 5) is 10.8. The second-order valence-corrected chi connectivity index (χ2v) is 2.43. The molecule has 0 N–H and O–H groups in total. The van der Waals surface area contributed by atoms with Crippen LogP contribution in [0.5, 0.6) is 0 Å². The van der Waals surface area contributed by atoms with E-state index in [9.17, 15) is 13.6 Å². The summed E-state index contributed by atoms with van der Waals surface area (Å²) in [6, 6.07) is 4.22. The maximum absolute atomic E-state index is 12.1. The third-order valence-electron chi connectivity index (χ3n) is 1.80. The maximum Gasteiger partial charge on any atom is 0.264 e. The molecule has 3 heteroatoms. The molecule has 0 amide bonds. The van der Waals surface area contributed by atoms with E-state index in [2.05, 4.69) is 0 Å². The Kier molecular flexibility index (Phi) is 1.10. The lowest BCUT2D eigenvalue weighted by Crippen LogP contribution is -2.15. The van der Waals surface area contributed by atoms with Crippen molar-refractivity contribution in [1.29, 1.82) is 0 Å². The molecule has 3 rings (SSSR count). The first kappa shape index (κ1) is 6.46. The Morgan fingerprint density at radius 2 is 2.00 bits per heavy atom. The minimum Gasteiger partial charge on any atom is -0.289 e. The van der Waals surface area contributed by atoms with Gasteiger partial charge in [0.25, 0.3) is 6.43 Å². The number of carbonyl (C=O) groups excluding carboxylic acids is 1. The lowest BCUT2D eigenvalue weighted by Gasteiger charge is -2.16. The van der Waals surface area contributed by atoms with Gasteiger partial charge in [-0.25, -0.2) is 8.78 Å². The van der Waals surface area contributed by atoms with E-state index in [0.717, 1.165) is 0 Å². The summed E-state index contributed by atoms with van der Waals surface area (Å²) in [6.45, 7) is 0. The van der Waals surface area contributed by atoms with Crippen molar-refractivity contribution in [1.82, 2.24) is 0 Å². The lowest BCUT2D eigenvalue weighted by atomic mass is 9.87. The summed E-state index contributed by atoms with van der Waals surface area (Å²) >= 11 is 0. The lowest BCUT2D eigenvalue weighted by molar-refractivity contribution is 0.100. The van der Waals surface area contributed by atoms with E-state index >= 15 is 0 Å². The highest BCUT2D eigenvalue weighted by atomic mass is 19.3. The van der Waals surface area contributed by atoms with E-state index in [1.165, 1.54) is 18.2 Å². The number of benzene rings is 1. The first-order valence-electron chi connectivity index (χ1n) is 3.17. The van der Waals surface area contributed by atoms with Crippen LogP contribution in [0.3, 0.4) is 0 Å². The van der Waals surface area contributed by atoms with Crippen LogP contribution < -0.4 is 0 Å². The Hall–Kier alpha value is -1.25. The van der Waals surface area contributed by atoms with Gasteiger partial charge in [0.05, 0.1) is 0 Å². The van der Waals surface area contributed by atoms with Gasteiger partial charge in [0.1, 0.15) is 0 Å². The number of halogens is 2. The fraction of sp³-hybridized carbons (Fsp3) is 0.125. The van der Waals surface area contributed by atoms with Crippen LogP contribution in [0.25, 0.3) is 0 Å². The number of hydrogen-bond donors (Lipinski definition) is 0. The fourth-order valence-electron chi connectivity index (χ4n) is 1.16. The third-order valence-corrected chi connectivity index (χ3v) is 1.80. The highest BCUT2D eigenvalue weighted by Gasteiger charge is 2.27. The molecule has 0 unspecified atom stereocenters. The molecule has 1 aromatic carbocycles. The molecule has 2 bridgehead atoms. The van der Waals surface area contributed by atoms with Crippen molar-refractivity contribution < 1.29 is 13.6 Å². The van der Waals surface area contributed by atoms with E-state index in [0.29, 0.717) is 5.56 Å². The van der Waals surface area contributed by atoms with Gasteiger partial charge in [-0.05, 0) is 6.07 Å².